The molecule has 0 radical (unpaired) electrons. The topological polar surface area (TPSA) is 85.4 Å². The third-order valence-corrected chi connectivity index (χ3v) is 4.62. The number of carbonyl (C=O) groups is 1. The molecular weight excluding hydrogens is 356 g/mol. The predicted octanol–water partition coefficient (Wildman–Crippen LogP) is 3.19. The highest BCUT2D eigenvalue weighted by atomic mass is 16.5. The molecule has 0 atom stereocenters. The maximum absolute atomic E-state index is 12.0. The van der Waals surface area contributed by atoms with Crippen LogP contribution in [-0.4, -0.2) is 36.6 Å². The number of carbonyl (C=O) groups excluding carboxylic acids is 1. The maximum atomic E-state index is 12.0. The highest BCUT2D eigenvalue weighted by Gasteiger charge is 2.23. The summed E-state index contributed by atoms with van der Waals surface area (Å²) in [5.74, 6) is 1.70. The standard InChI is InChI=1S/C21H20N4O3/c1-22-20(26)14-6-3-5-13(11-14)16-12-24-19(18-15(16)8-10-28-18)25-17-7-4-9-23-21(17)27-2/h3-7,9,11-12H,8,10H2,1-2H3,(H,22,26)(H,24,25). The smallest absolute Gasteiger partial charge is 0.251 e. The van der Waals surface area contributed by atoms with Gasteiger partial charge >= 0.3 is 0 Å². The number of hydrogen-bond donors (Lipinski definition) is 2. The number of anilines is 2. The van der Waals surface area contributed by atoms with Gasteiger partial charge in [0.25, 0.3) is 5.91 Å². The van der Waals surface area contributed by atoms with Crippen molar-refractivity contribution < 1.29 is 14.3 Å². The van der Waals surface area contributed by atoms with Gasteiger partial charge in [0.05, 0.1) is 13.7 Å². The fraction of sp³-hybridized carbons (Fsp3) is 0.190. The molecule has 4 rings (SSSR count). The molecule has 0 fully saturated rings. The van der Waals surface area contributed by atoms with Crippen LogP contribution in [0.5, 0.6) is 11.6 Å². The van der Waals surface area contributed by atoms with Gasteiger partial charge in [0.15, 0.2) is 11.6 Å². The Morgan fingerprint density at radius 1 is 1.21 bits per heavy atom. The lowest BCUT2D eigenvalue weighted by Gasteiger charge is -2.14. The summed E-state index contributed by atoms with van der Waals surface area (Å²) in [6, 6.07) is 11.2. The van der Waals surface area contributed by atoms with E-state index < -0.39 is 0 Å². The zero-order valence-electron chi connectivity index (χ0n) is 15.7. The third-order valence-electron chi connectivity index (χ3n) is 4.62. The van der Waals surface area contributed by atoms with E-state index in [0.29, 0.717) is 35.3 Å². The van der Waals surface area contributed by atoms with Crippen molar-refractivity contribution in [3.05, 3.63) is 59.9 Å². The minimum atomic E-state index is -0.121. The highest BCUT2D eigenvalue weighted by molar-refractivity contribution is 5.95. The summed E-state index contributed by atoms with van der Waals surface area (Å²) in [6.45, 7) is 0.585. The molecule has 0 aliphatic carbocycles. The fourth-order valence-corrected chi connectivity index (χ4v) is 3.28. The van der Waals surface area contributed by atoms with Gasteiger partial charge in [-0.1, -0.05) is 12.1 Å². The van der Waals surface area contributed by atoms with Crippen LogP contribution in [0.4, 0.5) is 11.5 Å². The van der Waals surface area contributed by atoms with Crippen LogP contribution < -0.4 is 20.1 Å². The Hall–Kier alpha value is -3.61. The molecule has 7 heteroatoms. The number of pyridine rings is 2. The molecule has 3 heterocycles. The molecular formula is C21H20N4O3. The van der Waals surface area contributed by atoms with Crippen molar-refractivity contribution in [2.75, 3.05) is 26.1 Å². The average molecular weight is 376 g/mol. The summed E-state index contributed by atoms with van der Waals surface area (Å²) >= 11 is 0. The highest BCUT2D eigenvalue weighted by Crippen LogP contribution is 2.40. The van der Waals surface area contributed by atoms with E-state index in [4.69, 9.17) is 9.47 Å². The van der Waals surface area contributed by atoms with Crippen LogP contribution in [0.2, 0.25) is 0 Å². The SMILES string of the molecule is CNC(=O)c1cccc(-c2cnc(Nc3cccnc3OC)c3c2CCO3)c1. The van der Waals surface area contributed by atoms with Gasteiger partial charge in [-0.15, -0.1) is 0 Å². The summed E-state index contributed by atoms with van der Waals surface area (Å²) in [4.78, 5) is 20.7. The van der Waals surface area contributed by atoms with Gasteiger partial charge in [-0.3, -0.25) is 4.79 Å². The van der Waals surface area contributed by atoms with E-state index in [1.165, 1.54) is 0 Å². The lowest BCUT2D eigenvalue weighted by molar-refractivity contribution is 0.0963. The molecule has 0 saturated carbocycles. The first-order valence-corrected chi connectivity index (χ1v) is 8.94. The zero-order valence-corrected chi connectivity index (χ0v) is 15.7. The first-order chi connectivity index (χ1) is 13.7. The van der Waals surface area contributed by atoms with E-state index in [-0.39, 0.29) is 5.91 Å². The Kier molecular flexibility index (Phi) is 4.80. The van der Waals surface area contributed by atoms with Gasteiger partial charge in [0.1, 0.15) is 5.69 Å². The minimum absolute atomic E-state index is 0.121. The lowest BCUT2D eigenvalue weighted by atomic mass is 9.98. The first-order valence-electron chi connectivity index (χ1n) is 8.94. The maximum Gasteiger partial charge on any atom is 0.251 e. The van der Waals surface area contributed by atoms with Crippen molar-refractivity contribution in [2.45, 2.75) is 6.42 Å². The summed E-state index contributed by atoms with van der Waals surface area (Å²) in [7, 11) is 3.19. The number of hydrogen-bond acceptors (Lipinski definition) is 6. The molecule has 0 bridgehead atoms. The molecule has 0 spiro atoms. The van der Waals surface area contributed by atoms with Crippen molar-refractivity contribution in [1.29, 1.82) is 0 Å². The lowest BCUT2D eigenvalue weighted by Crippen LogP contribution is -2.17. The van der Waals surface area contributed by atoms with Crippen LogP contribution in [0.3, 0.4) is 0 Å². The first kappa shape index (κ1) is 17.8. The second-order valence-electron chi connectivity index (χ2n) is 6.27. The summed E-state index contributed by atoms with van der Waals surface area (Å²) < 4.78 is 11.2. The van der Waals surface area contributed by atoms with E-state index in [9.17, 15) is 4.79 Å². The largest absolute Gasteiger partial charge is 0.489 e. The second-order valence-corrected chi connectivity index (χ2v) is 6.27. The molecule has 28 heavy (non-hydrogen) atoms. The number of nitrogens with zero attached hydrogens (tertiary/aromatic N) is 2. The van der Waals surface area contributed by atoms with Crippen LogP contribution >= 0.6 is 0 Å². The predicted molar refractivity (Wildman–Crippen MR) is 106 cm³/mol. The number of ether oxygens (including phenoxy) is 2. The van der Waals surface area contributed by atoms with Crippen molar-refractivity contribution in [2.24, 2.45) is 0 Å². The molecule has 1 aliphatic heterocycles. The number of methoxy groups -OCH3 is 1. The summed E-state index contributed by atoms with van der Waals surface area (Å²) in [6.07, 6.45) is 4.25. The van der Waals surface area contributed by atoms with Crippen molar-refractivity contribution >= 4 is 17.4 Å². The van der Waals surface area contributed by atoms with E-state index in [1.54, 1.807) is 26.4 Å². The van der Waals surface area contributed by atoms with Crippen LogP contribution in [0.25, 0.3) is 11.1 Å². The van der Waals surface area contributed by atoms with Crippen molar-refractivity contribution in [3.63, 3.8) is 0 Å². The quantitative estimate of drug-likeness (QED) is 0.711. The van der Waals surface area contributed by atoms with Crippen LogP contribution in [0.15, 0.2) is 48.8 Å². The number of rotatable bonds is 5. The third kappa shape index (κ3) is 3.22. The van der Waals surface area contributed by atoms with Crippen LogP contribution in [-0.2, 0) is 6.42 Å². The van der Waals surface area contributed by atoms with Gasteiger partial charge in [-0.2, -0.15) is 0 Å². The molecule has 7 nitrogen and oxygen atoms in total. The number of aromatic nitrogens is 2. The Morgan fingerprint density at radius 3 is 2.93 bits per heavy atom. The Morgan fingerprint density at radius 2 is 2.11 bits per heavy atom. The Labute approximate surface area is 162 Å². The molecule has 3 aromatic rings. The van der Waals surface area contributed by atoms with Crippen LogP contribution in [0.1, 0.15) is 15.9 Å². The average Bonchev–Trinajstić information content (AvgIpc) is 3.24. The van der Waals surface area contributed by atoms with Gasteiger partial charge < -0.3 is 20.1 Å². The normalized spacial score (nSPS) is 12.1. The van der Waals surface area contributed by atoms with Crippen LogP contribution in [0, 0.1) is 0 Å². The number of nitrogens with one attached hydrogen (secondary N) is 2. The Bertz CT molecular complexity index is 1040. The minimum Gasteiger partial charge on any atom is -0.489 e. The van der Waals surface area contributed by atoms with Gasteiger partial charge in [0, 0.05) is 42.6 Å². The number of amides is 1. The molecule has 1 aromatic carbocycles. The van der Waals surface area contributed by atoms with E-state index in [2.05, 4.69) is 20.6 Å². The van der Waals surface area contributed by atoms with E-state index in [0.717, 1.165) is 23.1 Å². The van der Waals surface area contributed by atoms with E-state index >= 15 is 0 Å². The second kappa shape index (κ2) is 7.56. The summed E-state index contributed by atoms with van der Waals surface area (Å²) in [5, 5.41) is 5.91. The molecule has 0 saturated heterocycles. The Balaban J connectivity index is 1.73. The van der Waals surface area contributed by atoms with Gasteiger partial charge in [-0.05, 0) is 29.8 Å². The number of fused-ring (bicyclic) bond motifs is 1. The van der Waals surface area contributed by atoms with Crippen molar-refractivity contribution in [3.8, 4) is 22.8 Å². The summed E-state index contributed by atoms with van der Waals surface area (Å²) in [5.41, 5.74) is 4.27. The molecule has 2 N–H and O–H groups in total. The van der Waals surface area contributed by atoms with E-state index in [1.807, 2.05) is 36.5 Å². The van der Waals surface area contributed by atoms with Gasteiger partial charge in [-0.25, -0.2) is 9.97 Å². The van der Waals surface area contributed by atoms with Crippen molar-refractivity contribution in [1.82, 2.24) is 15.3 Å². The molecule has 2 aromatic heterocycles. The molecule has 142 valence electrons. The molecule has 1 aliphatic rings. The molecule has 0 unspecified atom stereocenters. The fourth-order valence-electron chi connectivity index (χ4n) is 3.28. The molecule has 1 amide bonds. The monoisotopic (exact) mass is 376 g/mol. The number of benzene rings is 1. The zero-order chi connectivity index (χ0) is 19.5. The van der Waals surface area contributed by atoms with Gasteiger partial charge in [0.2, 0.25) is 5.88 Å².